The van der Waals surface area contributed by atoms with Gasteiger partial charge in [0.05, 0.1) is 12.7 Å². The lowest BCUT2D eigenvalue weighted by Gasteiger charge is -2.08. The van der Waals surface area contributed by atoms with Crippen molar-refractivity contribution in [3.8, 4) is 0 Å². The predicted molar refractivity (Wildman–Crippen MR) is 64.6 cm³/mol. The van der Waals surface area contributed by atoms with Gasteiger partial charge in [0.15, 0.2) is 0 Å². The minimum atomic E-state index is -0.247. The number of rotatable bonds is 4. The summed E-state index contributed by atoms with van der Waals surface area (Å²) in [7, 11) is 1.42. The number of alkyl halides is 1. The Balaban J connectivity index is 2.97. The van der Waals surface area contributed by atoms with Crippen LogP contribution in [0.15, 0.2) is 18.2 Å². The molecule has 0 aromatic heterocycles. The van der Waals surface area contributed by atoms with Crippen LogP contribution in [0, 0.1) is 6.92 Å². The van der Waals surface area contributed by atoms with Crippen molar-refractivity contribution >= 4 is 21.9 Å². The Morgan fingerprint density at radius 3 is 2.80 bits per heavy atom. The largest absolute Gasteiger partial charge is 0.465 e. The van der Waals surface area contributed by atoms with E-state index in [1.165, 1.54) is 7.11 Å². The number of ether oxygens (including phenoxy) is 1. The molecule has 1 aromatic carbocycles. The summed E-state index contributed by atoms with van der Waals surface area (Å²) in [6.07, 6.45) is 1.92. The lowest BCUT2D eigenvalue weighted by Crippen LogP contribution is -2.06. The van der Waals surface area contributed by atoms with Crippen LogP contribution in [0.1, 0.15) is 27.9 Å². The first-order valence-electron chi connectivity index (χ1n) is 4.93. The molecule has 15 heavy (non-hydrogen) atoms. The summed E-state index contributed by atoms with van der Waals surface area (Å²) in [5, 5.41) is 0.946. The van der Waals surface area contributed by atoms with Gasteiger partial charge in [0.2, 0.25) is 0 Å². The van der Waals surface area contributed by atoms with Crippen molar-refractivity contribution in [2.75, 3.05) is 12.4 Å². The third-order valence-electron chi connectivity index (χ3n) is 2.25. The van der Waals surface area contributed by atoms with Crippen LogP contribution in [0.25, 0.3) is 0 Å². The summed E-state index contributed by atoms with van der Waals surface area (Å²) in [6.45, 7) is 1.97. The first-order chi connectivity index (χ1) is 7.19. The quantitative estimate of drug-likeness (QED) is 0.621. The Morgan fingerprint density at radius 1 is 1.47 bits per heavy atom. The van der Waals surface area contributed by atoms with Crippen LogP contribution in [-0.4, -0.2) is 18.4 Å². The number of hydrogen-bond acceptors (Lipinski definition) is 2. The first kappa shape index (κ1) is 12.2. The third kappa shape index (κ3) is 3.34. The van der Waals surface area contributed by atoms with Crippen LogP contribution in [0.4, 0.5) is 0 Å². The zero-order chi connectivity index (χ0) is 11.3. The molecular weight excluding hydrogens is 256 g/mol. The Bertz CT molecular complexity index is 347. The molecule has 1 aromatic rings. The summed E-state index contributed by atoms with van der Waals surface area (Å²) >= 11 is 3.38. The molecule has 0 heterocycles. The fourth-order valence-corrected chi connectivity index (χ4v) is 1.75. The van der Waals surface area contributed by atoms with Crippen LogP contribution < -0.4 is 0 Å². The van der Waals surface area contributed by atoms with E-state index in [1.807, 2.05) is 25.1 Å². The highest BCUT2D eigenvalue weighted by Crippen LogP contribution is 2.15. The molecule has 0 aliphatic rings. The number of hydrogen-bond donors (Lipinski definition) is 0. The molecule has 0 saturated carbocycles. The van der Waals surface area contributed by atoms with Gasteiger partial charge in [-0.15, -0.1) is 0 Å². The van der Waals surface area contributed by atoms with Crippen LogP contribution in [0.3, 0.4) is 0 Å². The van der Waals surface area contributed by atoms with Crippen molar-refractivity contribution < 1.29 is 9.53 Å². The second-order valence-electron chi connectivity index (χ2n) is 3.44. The first-order valence-corrected chi connectivity index (χ1v) is 6.05. The minimum absolute atomic E-state index is 0.247. The van der Waals surface area contributed by atoms with Crippen LogP contribution in [0.2, 0.25) is 0 Å². The van der Waals surface area contributed by atoms with Crippen LogP contribution in [-0.2, 0) is 11.2 Å². The topological polar surface area (TPSA) is 26.3 Å². The van der Waals surface area contributed by atoms with E-state index in [0.29, 0.717) is 5.56 Å². The predicted octanol–water partition coefficient (Wildman–Crippen LogP) is 3.11. The van der Waals surface area contributed by atoms with Gasteiger partial charge in [-0.2, -0.15) is 0 Å². The van der Waals surface area contributed by atoms with E-state index in [9.17, 15) is 4.79 Å². The molecule has 2 nitrogen and oxygen atoms in total. The highest BCUT2D eigenvalue weighted by molar-refractivity contribution is 9.09. The van der Waals surface area contributed by atoms with E-state index in [1.54, 1.807) is 0 Å². The molecule has 1 rings (SSSR count). The van der Waals surface area contributed by atoms with Gasteiger partial charge in [-0.05, 0) is 31.4 Å². The molecule has 0 amide bonds. The Hall–Kier alpha value is -0.830. The second kappa shape index (κ2) is 5.91. The van der Waals surface area contributed by atoms with Crippen molar-refractivity contribution in [1.82, 2.24) is 0 Å². The molecule has 82 valence electrons. The molecule has 0 bridgehead atoms. The summed E-state index contributed by atoms with van der Waals surface area (Å²) in [5.74, 6) is -0.247. The third-order valence-corrected chi connectivity index (χ3v) is 2.81. The van der Waals surface area contributed by atoms with Gasteiger partial charge in [0, 0.05) is 5.33 Å². The molecule has 0 N–H and O–H groups in total. The maximum Gasteiger partial charge on any atom is 0.338 e. The van der Waals surface area contributed by atoms with Crippen molar-refractivity contribution in [2.45, 2.75) is 19.8 Å². The minimum Gasteiger partial charge on any atom is -0.465 e. The van der Waals surface area contributed by atoms with Crippen molar-refractivity contribution in [1.29, 1.82) is 0 Å². The molecule has 0 fully saturated rings. The summed E-state index contributed by atoms with van der Waals surface area (Å²) in [5.41, 5.74) is 2.84. The highest BCUT2D eigenvalue weighted by atomic mass is 79.9. The number of aryl methyl sites for hydroxylation is 2. The van der Waals surface area contributed by atoms with E-state index in [4.69, 9.17) is 4.74 Å². The van der Waals surface area contributed by atoms with Crippen LogP contribution in [0.5, 0.6) is 0 Å². The number of benzene rings is 1. The summed E-state index contributed by atoms with van der Waals surface area (Å²) < 4.78 is 4.76. The molecule has 0 saturated heterocycles. The van der Waals surface area contributed by atoms with Crippen molar-refractivity contribution in [3.05, 3.63) is 34.9 Å². The van der Waals surface area contributed by atoms with Gasteiger partial charge < -0.3 is 4.74 Å². The van der Waals surface area contributed by atoms with Gasteiger partial charge in [-0.3, -0.25) is 0 Å². The molecule has 3 heteroatoms. The van der Waals surface area contributed by atoms with Gasteiger partial charge in [-0.25, -0.2) is 4.79 Å². The average molecular weight is 271 g/mol. The van der Waals surface area contributed by atoms with E-state index in [2.05, 4.69) is 15.9 Å². The maximum atomic E-state index is 11.5. The monoisotopic (exact) mass is 270 g/mol. The lowest BCUT2D eigenvalue weighted by atomic mass is 10.0. The van der Waals surface area contributed by atoms with E-state index in [0.717, 1.165) is 29.3 Å². The number of esters is 1. The molecular formula is C12H15BrO2. The summed E-state index contributed by atoms with van der Waals surface area (Å²) in [6, 6.07) is 5.91. The van der Waals surface area contributed by atoms with E-state index >= 15 is 0 Å². The summed E-state index contributed by atoms with van der Waals surface area (Å²) in [4.78, 5) is 11.5. The molecule has 0 aliphatic heterocycles. The lowest BCUT2D eigenvalue weighted by molar-refractivity contribution is 0.0599. The SMILES string of the molecule is COC(=O)c1cc(C)ccc1CCCBr. The highest BCUT2D eigenvalue weighted by Gasteiger charge is 2.11. The number of carbonyl (C=O) groups excluding carboxylic acids is 1. The maximum absolute atomic E-state index is 11.5. The molecule has 0 unspecified atom stereocenters. The van der Waals surface area contributed by atoms with Gasteiger partial charge in [0.25, 0.3) is 0 Å². The Morgan fingerprint density at radius 2 is 2.20 bits per heavy atom. The number of carbonyl (C=O) groups is 1. The molecule has 0 spiro atoms. The number of halogens is 1. The van der Waals surface area contributed by atoms with Crippen molar-refractivity contribution in [3.63, 3.8) is 0 Å². The molecule has 0 atom stereocenters. The fraction of sp³-hybridized carbons (Fsp3) is 0.417. The second-order valence-corrected chi connectivity index (χ2v) is 4.24. The standard InChI is InChI=1S/C12H15BrO2/c1-9-5-6-10(4-3-7-13)11(8-9)12(14)15-2/h5-6,8H,3-4,7H2,1-2H3. The molecule has 0 aliphatic carbocycles. The smallest absolute Gasteiger partial charge is 0.338 e. The fourth-order valence-electron chi connectivity index (χ4n) is 1.47. The normalized spacial score (nSPS) is 10.1. The van der Waals surface area contributed by atoms with Gasteiger partial charge in [0.1, 0.15) is 0 Å². The van der Waals surface area contributed by atoms with Gasteiger partial charge in [-0.1, -0.05) is 33.6 Å². The van der Waals surface area contributed by atoms with E-state index < -0.39 is 0 Å². The zero-order valence-corrected chi connectivity index (χ0v) is 10.6. The van der Waals surface area contributed by atoms with E-state index in [-0.39, 0.29) is 5.97 Å². The Labute approximate surface area is 98.8 Å². The zero-order valence-electron chi connectivity index (χ0n) is 9.05. The average Bonchev–Trinajstić information content (AvgIpc) is 2.26. The van der Waals surface area contributed by atoms with Crippen LogP contribution >= 0.6 is 15.9 Å². The Kier molecular flexibility index (Phi) is 4.82. The molecule has 0 radical (unpaired) electrons. The van der Waals surface area contributed by atoms with Gasteiger partial charge >= 0.3 is 5.97 Å². The number of methoxy groups -OCH3 is 1. The van der Waals surface area contributed by atoms with Crippen molar-refractivity contribution in [2.24, 2.45) is 0 Å².